The highest BCUT2D eigenvalue weighted by molar-refractivity contribution is 5.73. The highest BCUT2D eigenvalue weighted by Crippen LogP contribution is 2.11. The van der Waals surface area contributed by atoms with Crippen molar-refractivity contribution in [3.8, 4) is 0 Å². The van der Waals surface area contributed by atoms with E-state index in [-0.39, 0.29) is 24.8 Å². The number of hydrogen-bond acceptors (Lipinski definition) is 4. The zero-order valence-corrected chi connectivity index (χ0v) is 13.7. The molecule has 1 aliphatic heterocycles. The molecule has 0 fully saturated rings. The summed E-state index contributed by atoms with van der Waals surface area (Å²) in [7, 11) is 0. The molecule has 0 aromatic carbocycles. The van der Waals surface area contributed by atoms with Crippen LogP contribution in [0.2, 0.25) is 0 Å². The van der Waals surface area contributed by atoms with Crippen LogP contribution in [0.15, 0.2) is 12.2 Å². The maximum absolute atomic E-state index is 11.5. The normalized spacial score (nSPS) is 23.1. The van der Waals surface area contributed by atoms with E-state index in [1.165, 1.54) is 38.5 Å². The first-order valence-electron chi connectivity index (χ1n) is 8.75. The molecule has 0 saturated carbocycles. The third-order valence-corrected chi connectivity index (χ3v) is 3.80. The topological polar surface area (TPSA) is 52.6 Å². The Morgan fingerprint density at radius 1 is 0.545 bits per heavy atom. The summed E-state index contributed by atoms with van der Waals surface area (Å²) in [6.45, 7) is 1.02. The number of ether oxygens (including phenoxy) is 2. The van der Waals surface area contributed by atoms with Crippen molar-refractivity contribution in [1.82, 2.24) is 0 Å². The summed E-state index contributed by atoms with van der Waals surface area (Å²) in [5.41, 5.74) is 0. The first kappa shape index (κ1) is 18.7. The minimum Gasteiger partial charge on any atom is -0.465 e. The van der Waals surface area contributed by atoms with Gasteiger partial charge in [0.05, 0.1) is 26.1 Å². The first-order valence-corrected chi connectivity index (χ1v) is 8.75. The van der Waals surface area contributed by atoms with E-state index in [1.54, 1.807) is 12.2 Å². The van der Waals surface area contributed by atoms with Crippen molar-refractivity contribution in [2.75, 3.05) is 13.2 Å². The zero-order valence-electron chi connectivity index (χ0n) is 13.7. The number of hydrogen-bond donors (Lipinski definition) is 0. The number of carbonyl (C=O) groups is 2. The molecule has 0 aromatic heterocycles. The summed E-state index contributed by atoms with van der Waals surface area (Å²) in [6, 6.07) is 0. The third kappa shape index (κ3) is 11.4. The summed E-state index contributed by atoms with van der Waals surface area (Å²) < 4.78 is 10.3. The van der Waals surface area contributed by atoms with Gasteiger partial charge < -0.3 is 9.47 Å². The Kier molecular flexibility index (Phi) is 11.4. The Morgan fingerprint density at radius 2 is 0.864 bits per heavy atom. The molecule has 0 aliphatic carbocycles. The molecule has 0 bridgehead atoms. The highest BCUT2D eigenvalue weighted by atomic mass is 16.5. The molecule has 0 spiro atoms. The zero-order chi connectivity index (χ0) is 15.9. The van der Waals surface area contributed by atoms with Crippen LogP contribution in [0.4, 0.5) is 0 Å². The van der Waals surface area contributed by atoms with E-state index in [2.05, 4.69) is 0 Å². The summed E-state index contributed by atoms with van der Waals surface area (Å²) in [5, 5.41) is 0. The van der Waals surface area contributed by atoms with Gasteiger partial charge in [-0.25, -0.2) is 0 Å². The predicted octanol–water partition coefficient (Wildman–Crippen LogP) is 4.32. The Labute approximate surface area is 134 Å². The predicted molar refractivity (Wildman–Crippen MR) is 86.5 cm³/mol. The van der Waals surface area contributed by atoms with Crippen LogP contribution in [0.3, 0.4) is 0 Å². The monoisotopic (exact) mass is 310 g/mol. The van der Waals surface area contributed by atoms with Gasteiger partial charge in [0.1, 0.15) is 0 Å². The second-order valence-electron chi connectivity index (χ2n) is 5.86. The van der Waals surface area contributed by atoms with Gasteiger partial charge in [0.2, 0.25) is 0 Å². The highest BCUT2D eigenvalue weighted by Gasteiger charge is 2.02. The molecule has 4 nitrogen and oxygen atoms in total. The minimum absolute atomic E-state index is 0.223. The van der Waals surface area contributed by atoms with E-state index in [9.17, 15) is 9.59 Å². The second-order valence-corrected chi connectivity index (χ2v) is 5.86. The molecule has 126 valence electrons. The molecule has 0 saturated heterocycles. The van der Waals surface area contributed by atoms with Crippen molar-refractivity contribution in [2.45, 2.75) is 77.0 Å². The summed E-state index contributed by atoms with van der Waals surface area (Å²) >= 11 is 0. The van der Waals surface area contributed by atoms with E-state index in [1.807, 2.05) is 0 Å². The van der Waals surface area contributed by atoms with Crippen LogP contribution in [0.5, 0.6) is 0 Å². The van der Waals surface area contributed by atoms with E-state index in [4.69, 9.17) is 9.47 Å². The summed E-state index contributed by atoms with van der Waals surface area (Å²) in [4.78, 5) is 22.9. The molecular formula is C18H30O4. The summed E-state index contributed by atoms with van der Waals surface area (Å²) in [6.07, 6.45) is 15.6. The van der Waals surface area contributed by atoms with Crippen LogP contribution in [-0.2, 0) is 19.1 Å². The SMILES string of the molecule is O=C1C/C=C\CC(=O)OCCCCCCCCCCCCO1. The van der Waals surface area contributed by atoms with Crippen molar-refractivity contribution in [2.24, 2.45) is 0 Å². The lowest BCUT2D eigenvalue weighted by atomic mass is 10.1. The molecule has 1 aliphatic rings. The van der Waals surface area contributed by atoms with Crippen LogP contribution in [0, 0.1) is 0 Å². The molecular weight excluding hydrogens is 280 g/mol. The Bertz CT molecular complexity index is 304. The molecule has 0 atom stereocenters. The maximum Gasteiger partial charge on any atom is 0.309 e. The second kappa shape index (κ2) is 13.4. The maximum atomic E-state index is 11.5. The van der Waals surface area contributed by atoms with Crippen molar-refractivity contribution in [3.05, 3.63) is 12.2 Å². The number of rotatable bonds is 0. The van der Waals surface area contributed by atoms with Gasteiger partial charge >= 0.3 is 11.9 Å². The van der Waals surface area contributed by atoms with Gasteiger partial charge in [-0.3, -0.25) is 9.59 Å². The van der Waals surface area contributed by atoms with E-state index in [0.29, 0.717) is 13.2 Å². The quantitative estimate of drug-likeness (QED) is 0.494. The fourth-order valence-corrected chi connectivity index (χ4v) is 2.47. The fourth-order valence-electron chi connectivity index (χ4n) is 2.47. The average Bonchev–Trinajstić information content (AvgIpc) is 2.51. The van der Waals surface area contributed by atoms with Crippen LogP contribution in [0.1, 0.15) is 77.0 Å². The van der Waals surface area contributed by atoms with Crippen LogP contribution < -0.4 is 0 Å². The average molecular weight is 310 g/mol. The summed E-state index contributed by atoms with van der Waals surface area (Å²) in [5.74, 6) is -0.446. The van der Waals surface area contributed by atoms with Crippen molar-refractivity contribution < 1.29 is 19.1 Å². The van der Waals surface area contributed by atoms with Crippen molar-refractivity contribution >= 4 is 11.9 Å². The largest absolute Gasteiger partial charge is 0.465 e. The Morgan fingerprint density at radius 3 is 1.23 bits per heavy atom. The molecule has 0 unspecified atom stereocenters. The number of carbonyl (C=O) groups excluding carboxylic acids is 2. The van der Waals surface area contributed by atoms with Crippen LogP contribution >= 0.6 is 0 Å². The van der Waals surface area contributed by atoms with Gasteiger partial charge in [-0.05, 0) is 12.8 Å². The first-order chi connectivity index (χ1) is 10.8. The van der Waals surface area contributed by atoms with Gasteiger partial charge in [0.15, 0.2) is 0 Å². The third-order valence-electron chi connectivity index (χ3n) is 3.80. The van der Waals surface area contributed by atoms with E-state index < -0.39 is 0 Å². The van der Waals surface area contributed by atoms with Crippen molar-refractivity contribution in [1.29, 1.82) is 0 Å². The fraction of sp³-hybridized carbons (Fsp3) is 0.778. The molecule has 0 aromatic rings. The molecule has 1 rings (SSSR count). The lowest BCUT2D eigenvalue weighted by Gasteiger charge is -2.05. The number of cyclic esters (lactones) is 2. The standard InChI is InChI=1S/C18H30O4/c19-17-13-9-10-14-18(20)22-16-12-8-6-4-2-1-3-5-7-11-15-21-17/h9-10H,1-8,11-16H2/b10-9-. The van der Waals surface area contributed by atoms with E-state index in [0.717, 1.165) is 25.7 Å². The smallest absolute Gasteiger partial charge is 0.309 e. The lowest BCUT2D eigenvalue weighted by Crippen LogP contribution is -2.06. The van der Waals surface area contributed by atoms with E-state index >= 15 is 0 Å². The Balaban J connectivity index is 2.25. The van der Waals surface area contributed by atoms with Gasteiger partial charge in [-0.2, -0.15) is 0 Å². The molecule has 22 heavy (non-hydrogen) atoms. The van der Waals surface area contributed by atoms with Gasteiger partial charge in [0, 0.05) is 0 Å². The van der Waals surface area contributed by atoms with Crippen LogP contribution in [-0.4, -0.2) is 25.2 Å². The molecule has 0 amide bonds. The van der Waals surface area contributed by atoms with Gasteiger partial charge in [-0.15, -0.1) is 0 Å². The minimum atomic E-state index is -0.223. The van der Waals surface area contributed by atoms with Gasteiger partial charge in [-0.1, -0.05) is 63.5 Å². The molecule has 1 heterocycles. The lowest BCUT2D eigenvalue weighted by molar-refractivity contribution is -0.144. The number of esters is 2. The van der Waals surface area contributed by atoms with Crippen molar-refractivity contribution in [3.63, 3.8) is 0 Å². The molecule has 0 radical (unpaired) electrons. The van der Waals surface area contributed by atoms with Gasteiger partial charge in [0.25, 0.3) is 0 Å². The molecule has 0 N–H and O–H groups in total. The Hall–Kier alpha value is -1.32. The van der Waals surface area contributed by atoms with Crippen LogP contribution in [0.25, 0.3) is 0 Å². The molecule has 4 heteroatoms.